The Balaban J connectivity index is 0.00000676. The fourth-order valence-electron chi connectivity index (χ4n) is 2.40. The summed E-state index contributed by atoms with van der Waals surface area (Å²) >= 11 is 0. The normalized spacial score (nSPS) is 11.0. The molecule has 0 atom stereocenters. The Hall–Kier alpha value is -1.58. The molecule has 0 radical (unpaired) electrons. The van der Waals surface area contributed by atoms with Gasteiger partial charge in [-0.05, 0) is 43.9 Å². The highest BCUT2D eigenvalue weighted by atomic mass is 127. The molecule has 0 saturated heterocycles. The van der Waals surface area contributed by atoms with Crippen LogP contribution in [0.2, 0.25) is 0 Å². The standard InChI is InChI=1S/C19H29F2N3O2.HI/c1-5-7-8-13-24(3)19(22-6-2)23-12-11-15-9-10-16(25-4)17(14-15)26-18(20)21;/h5,9-10,14,18H,1,6-8,11-13H2,2-4H3,(H,22,23);1H. The number of unbranched alkanes of at least 4 members (excludes halogenated alkanes) is 1. The van der Waals surface area contributed by atoms with Crippen LogP contribution in [-0.4, -0.2) is 51.3 Å². The lowest BCUT2D eigenvalue weighted by atomic mass is 10.1. The number of hydrogen-bond donors (Lipinski definition) is 1. The van der Waals surface area contributed by atoms with Gasteiger partial charge in [0.1, 0.15) is 0 Å². The number of benzene rings is 1. The maximum Gasteiger partial charge on any atom is 0.387 e. The molecule has 5 nitrogen and oxygen atoms in total. The number of nitrogens with zero attached hydrogens (tertiary/aromatic N) is 2. The van der Waals surface area contributed by atoms with Gasteiger partial charge in [0.15, 0.2) is 17.5 Å². The number of allylic oxidation sites excluding steroid dienone is 1. The molecule has 154 valence electrons. The highest BCUT2D eigenvalue weighted by molar-refractivity contribution is 14.0. The van der Waals surface area contributed by atoms with Crippen molar-refractivity contribution in [3.05, 3.63) is 36.4 Å². The van der Waals surface area contributed by atoms with E-state index in [2.05, 4.69) is 26.5 Å². The fourth-order valence-corrected chi connectivity index (χ4v) is 2.40. The first-order chi connectivity index (χ1) is 12.5. The summed E-state index contributed by atoms with van der Waals surface area (Å²) in [7, 11) is 3.41. The van der Waals surface area contributed by atoms with E-state index in [1.54, 1.807) is 12.1 Å². The van der Waals surface area contributed by atoms with Crippen LogP contribution in [0, 0.1) is 0 Å². The van der Waals surface area contributed by atoms with Crippen LogP contribution in [0.3, 0.4) is 0 Å². The molecular weight excluding hydrogens is 467 g/mol. The van der Waals surface area contributed by atoms with Gasteiger partial charge in [-0.15, -0.1) is 30.6 Å². The SMILES string of the molecule is C=CCCCN(C)C(=NCCc1ccc(OC)c(OC(F)F)c1)NCC.I. The summed E-state index contributed by atoms with van der Waals surface area (Å²) in [6.45, 7) is 5.06. The second-order valence-corrected chi connectivity index (χ2v) is 5.70. The number of methoxy groups -OCH3 is 1. The van der Waals surface area contributed by atoms with Gasteiger partial charge in [0.05, 0.1) is 7.11 Å². The van der Waals surface area contributed by atoms with Crippen molar-refractivity contribution < 1.29 is 18.3 Å². The van der Waals surface area contributed by atoms with E-state index in [0.29, 0.717) is 13.0 Å². The lowest BCUT2D eigenvalue weighted by molar-refractivity contribution is -0.0512. The van der Waals surface area contributed by atoms with Gasteiger partial charge in [-0.25, -0.2) is 0 Å². The topological polar surface area (TPSA) is 46.1 Å². The summed E-state index contributed by atoms with van der Waals surface area (Å²) in [5, 5.41) is 3.26. The monoisotopic (exact) mass is 497 g/mol. The predicted molar refractivity (Wildman–Crippen MR) is 117 cm³/mol. The Labute approximate surface area is 177 Å². The van der Waals surface area contributed by atoms with E-state index in [0.717, 1.165) is 37.5 Å². The van der Waals surface area contributed by atoms with Crippen LogP contribution >= 0.6 is 24.0 Å². The second-order valence-electron chi connectivity index (χ2n) is 5.70. The molecule has 0 bridgehead atoms. The second kappa shape index (κ2) is 14.5. The molecule has 0 unspecified atom stereocenters. The van der Waals surface area contributed by atoms with Crippen molar-refractivity contribution in [2.24, 2.45) is 4.99 Å². The molecule has 0 spiro atoms. The lowest BCUT2D eigenvalue weighted by Crippen LogP contribution is -2.39. The molecule has 0 aliphatic carbocycles. The number of hydrogen-bond acceptors (Lipinski definition) is 3. The zero-order chi connectivity index (χ0) is 19.4. The van der Waals surface area contributed by atoms with Gasteiger partial charge in [0.25, 0.3) is 0 Å². The van der Waals surface area contributed by atoms with Crippen LogP contribution in [0.5, 0.6) is 11.5 Å². The number of ether oxygens (including phenoxy) is 2. The van der Waals surface area contributed by atoms with E-state index in [9.17, 15) is 8.78 Å². The molecule has 1 rings (SSSR count). The molecule has 0 saturated carbocycles. The Kier molecular flexibility index (Phi) is 13.6. The lowest BCUT2D eigenvalue weighted by Gasteiger charge is -2.21. The molecule has 1 N–H and O–H groups in total. The van der Waals surface area contributed by atoms with Gasteiger partial charge in [0, 0.05) is 26.7 Å². The smallest absolute Gasteiger partial charge is 0.387 e. The molecule has 1 aromatic carbocycles. The van der Waals surface area contributed by atoms with E-state index in [1.807, 2.05) is 26.1 Å². The summed E-state index contributed by atoms with van der Waals surface area (Å²) in [6.07, 6.45) is 4.49. The first-order valence-electron chi connectivity index (χ1n) is 8.73. The van der Waals surface area contributed by atoms with Crippen molar-refractivity contribution in [3.63, 3.8) is 0 Å². The van der Waals surface area contributed by atoms with Gasteiger partial charge in [0.2, 0.25) is 0 Å². The van der Waals surface area contributed by atoms with Crippen molar-refractivity contribution in [1.82, 2.24) is 10.2 Å². The summed E-state index contributed by atoms with van der Waals surface area (Å²) in [5.41, 5.74) is 0.857. The Morgan fingerprint density at radius 2 is 2.11 bits per heavy atom. The third-order valence-corrected chi connectivity index (χ3v) is 3.70. The zero-order valence-electron chi connectivity index (χ0n) is 16.2. The molecule has 0 aliphatic heterocycles. The highest BCUT2D eigenvalue weighted by Crippen LogP contribution is 2.29. The van der Waals surface area contributed by atoms with Gasteiger partial charge in [-0.3, -0.25) is 4.99 Å². The van der Waals surface area contributed by atoms with Gasteiger partial charge in [-0.2, -0.15) is 8.78 Å². The summed E-state index contributed by atoms with van der Waals surface area (Å²) in [5.74, 6) is 1.15. The molecule has 0 fully saturated rings. The number of aliphatic imine (C=N–C) groups is 1. The minimum atomic E-state index is -2.89. The predicted octanol–water partition coefficient (Wildman–Crippen LogP) is 4.32. The van der Waals surface area contributed by atoms with Crippen molar-refractivity contribution in [2.45, 2.75) is 32.8 Å². The van der Waals surface area contributed by atoms with E-state index in [-0.39, 0.29) is 35.5 Å². The first kappa shape index (κ1) is 25.4. The third kappa shape index (κ3) is 9.78. The number of nitrogens with one attached hydrogen (secondary N) is 1. The van der Waals surface area contributed by atoms with Gasteiger partial charge >= 0.3 is 6.61 Å². The van der Waals surface area contributed by atoms with Crippen molar-refractivity contribution in [3.8, 4) is 11.5 Å². The molecule has 27 heavy (non-hydrogen) atoms. The van der Waals surface area contributed by atoms with Crippen LogP contribution in [0.25, 0.3) is 0 Å². The summed E-state index contributed by atoms with van der Waals surface area (Å²) < 4.78 is 34.6. The van der Waals surface area contributed by atoms with Crippen molar-refractivity contribution >= 4 is 29.9 Å². The van der Waals surface area contributed by atoms with Crippen LogP contribution in [0.1, 0.15) is 25.3 Å². The molecule has 0 aliphatic rings. The molecule has 0 amide bonds. The van der Waals surface area contributed by atoms with E-state index < -0.39 is 6.61 Å². The van der Waals surface area contributed by atoms with Crippen LogP contribution in [0.15, 0.2) is 35.8 Å². The molecular formula is C19H30F2IN3O2. The van der Waals surface area contributed by atoms with Crippen molar-refractivity contribution in [2.75, 3.05) is 33.8 Å². The van der Waals surface area contributed by atoms with Crippen LogP contribution in [-0.2, 0) is 6.42 Å². The summed E-state index contributed by atoms with van der Waals surface area (Å²) in [4.78, 5) is 6.68. The van der Waals surface area contributed by atoms with Gasteiger partial charge in [-0.1, -0.05) is 12.1 Å². The third-order valence-electron chi connectivity index (χ3n) is 3.70. The van der Waals surface area contributed by atoms with Crippen molar-refractivity contribution in [1.29, 1.82) is 0 Å². The Morgan fingerprint density at radius 1 is 1.37 bits per heavy atom. The van der Waals surface area contributed by atoms with E-state index in [1.165, 1.54) is 7.11 Å². The Morgan fingerprint density at radius 3 is 2.70 bits per heavy atom. The molecule has 8 heteroatoms. The number of rotatable bonds is 11. The van der Waals surface area contributed by atoms with E-state index >= 15 is 0 Å². The van der Waals surface area contributed by atoms with Crippen LogP contribution in [0.4, 0.5) is 8.78 Å². The minimum absolute atomic E-state index is 0. The quantitative estimate of drug-likeness (QED) is 0.163. The fraction of sp³-hybridized carbons (Fsp3) is 0.526. The van der Waals surface area contributed by atoms with Crippen LogP contribution < -0.4 is 14.8 Å². The average molecular weight is 497 g/mol. The molecule has 0 heterocycles. The highest BCUT2D eigenvalue weighted by Gasteiger charge is 2.11. The zero-order valence-corrected chi connectivity index (χ0v) is 18.5. The largest absolute Gasteiger partial charge is 0.493 e. The van der Waals surface area contributed by atoms with E-state index in [4.69, 9.17) is 4.74 Å². The average Bonchev–Trinajstić information content (AvgIpc) is 2.61. The Bertz CT molecular complexity index is 586. The number of guanidine groups is 1. The first-order valence-corrected chi connectivity index (χ1v) is 8.73. The maximum atomic E-state index is 12.5. The molecule has 1 aromatic rings. The maximum absolute atomic E-state index is 12.5. The number of halogens is 3. The molecule has 0 aromatic heterocycles. The minimum Gasteiger partial charge on any atom is -0.493 e. The number of alkyl halides is 2. The summed E-state index contributed by atoms with van der Waals surface area (Å²) in [6, 6.07) is 5.03. The van der Waals surface area contributed by atoms with Gasteiger partial charge < -0.3 is 19.7 Å².